The molecule has 0 N–H and O–H groups in total. The Morgan fingerprint density at radius 2 is 1.84 bits per heavy atom. The van der Waals surface area contributed by atoms with Crippen LogP contribution in [0.25, 0.3) is 5.57 Å². The van der Waals surface area contributed by atoms with Gasteiger partial charge in [0, 0.05) is 30.4 Å². The number of Topliss-reactive ketones (excluding diaryl/α,β-unsaturated/α-hetero) is 1. The monoisotopic (exact) mass is 462 g/mol. The van der Waals surface area contributed by atoms with Crippen molar-refractivity contribution in [2.75, 3.05) is 18.0 Å². The van der Waals surface area contributed by atoms with Gasteiger partial charge in [-0.2, -0.15) is 0 Å². The van der Waals surface area contributed by atoms with Gasteiger partial charge in [-0.3, -0.25) is 14.8 Å². The molecule has 162 valence electrons. The Hall–Kier alpha value is -2.71. The molecule has 0 bridgehead atoms. The summed E-state index contributed by atoms with van der Waals surface area (Å²) in [5.41, 5.74) is 2.89. The number of carbonyl (C=O) groups excluding carboxylic acids is 1. The van der Waals surface area contributed by atoms with Crippen molar-refractivity contribution < 1.29 is 13.6 Å². The second-order valence-electron chi connectivity index (χ2n) is 7.27. The number of thiazole rings is 1. The molecule has 0 radical (unpaired) electrons. The van der Waals surface area contributed by atoms with Crippen molar-refractivity contribution >= 4 is 40.2 Å². The highest BCUT2D eigenvalue weighted by molar-refractivity contribution is 7.15. The lowest BCUT2D eigenvalue weighted by molar-refractivity contribution is 0.0983. The van der Waals surface area contributed by atoms with E-state index in [1.165, 1.54) is 17.8 Å². The van der Waals surface area contributed by atoms with E-state index in [0.717, 1.165) is 46.4 Å². The Bertz CT molecular complexity index is 1110. The number of nitrogens with zero attached hydrogens (tertiary/aromatic N) is 4. The number of ketones is 1. The summed E-state index contributed by atoms with van der Waals surface area (Å²) in [5, 5.41) is 0.986. The minimum Gasteiger partial charge on any atom is -0.343 e. The molecule has 1 aliphatic heterocycles. The third-order valence-electron chi connectivity index (χ3n) is 5.10. The third kappa shape index (κ3) is 4.97. The average Bonchev–Trinajstić information content (AvgIpc) is 3.15. The Labute approximate surface area is 189 Å². The molecule has 2 aromatic heterocycles. The maximum absolute atomic E-state index is 13.8. The maximum Gasteiger partial charge on any atom is 0.185 e. The van der Waals surface area contributed by atoms with Gasteiger partial charge in [0.2, 0.25) is 0 Å². The fourth-order valence-electron chi connectivity index (χ4n) is 3.43. The number of benzene rings is 1. The summed E-state index contributed by atoms with van der Waals surface area (Å²) in [6.45, 7) is 5.70. The predicted molar refractivity (Wildman–Crippen MR) is 120 cm³/mol. The summed E-state index contributed by atoms with van der Waals surface area (Å²) >= 11 is 1.66. The molecule has 1 aliphatic rings. The Balaban J connectivity index is 0.00000272. The highest BCUT2D eigenvalue weighted by Crippen LogP contribution is 2.30. The molecule has 0 unspecified atom stereocenters. The molecule has 0 saturated heterocycles. The van der Waals surface area contributed by atoms with Crippen LogP contribution in [-0.4, -0.2) is 33.8 Å². The van der Waals surface area contributed by atoms with Crippen molar-refractivity contribution in [2.24, 2.45) is 0 Å². The highest BCUT2D eigenvalue weighted by Gasteiger charge is 2.22. The van der Waals surface area contributed by atoms with Crippen LogP contribution in [0.4, 0.5) is 13.9 Å². The lowest BCUT2D eigenvalue weighted by Crippen LogP contribution is -2.31. The summed E-state index contributed by atoms with van der Waals surface area (Å²) in [6.07, 6.45) is 5.68. The second-order valence-corrected chi connectivity index (χ2v) is 8.49. The third-order valence-corrected chi connectivity index (χ3v) is 6.07. The van der Waals surface area contributed by atoms with Crippen molar-refractivity contribution in [2.45, 2.75) is 26.7 Å². The summed E-state index contributed by atoms with van der Waals surface area (Å²) in [7, 11) is 0. The number of anilines is 1. The molecular weight excluding hydrogens is 442 g/mol. The van der Waals surface area contributed by atoms with Crippen LogP contribution in [0, 0.1) is 18.6 Å². The van der Waals surface area contributed by atoms with E-state index in [1.54, 1.807) is 17.5 Å². The van der Waals surface area contributed by atoms with E-state index in [2.05, 4.69) is 26.8 Å². The predicted octanol–water partition coefficient (Wildman–Crippen LogP) is 5.05. The first kappa shape index (κ1) is 23.0. The summed E-state index contributed by atoms with van der Waals surface area (Å²) in [4.78, 5) is 29.0. The highest BCUT2D eigenvalue weighted by atomic mass is 35.5. The summed E-state index contributed by atoms with van der Waals surface area (Å²) in [6, 6.07) is 3.37. The van der Waals surface area contributed by atoms with Crippen LogP contribution in [-0.2, 0) is 6.42 Å². The number of halogens is 3. The Morgan fingerprint density at radius 1 is 1.10 bits per heavy atom. The first-order valence-electron chi connectivity index (χ1n) is 9.57. The quantitative estimate of drug-likeness (QED) is 0.496. The van der Waals surface area contributed by atoms with Crippen LogP contribution >= 0.6 is 23.7 Å². The van der Waals surface area contributed by atoms with E-state index >= 15 is 0 Å². The molecule has 0 aliphatic carbocycles. The molecule has 0 amide bonds. The van der Waals surface area contributed by atoms with Gasteiger partial charge in [0.05, 0.1) is 29.6 Å². The van der Waals surface area contributed by atoms with Crippen LogP contribution in [0.2, 0.25) is 0 Å². The van der Waals surface area contributed by atoms with E-state index in [4.69, 9.17) is 0 Å². The van der Waals surface area contributed by atoms with Gasteiger partial charge >= 0.3 is 0 Å². The van der Waals surface area contributed by atoms with Crippen molar-refractivity contribution in [3.8, 4) is 0 Å². The topological polar surface area (TPSA) is 59.0 Å². The molecular formula is C22H21ClF2N4OS. The summed E-state index contributed by atoms with van der Waals surface area (Å²) in [5.74, 6) is -2.40. The molecule has 5 nitrogen and oxygen atoms in total. The van der Waals surface area contributed by atoms with Gasteiger partial charge in [0.25, 0.3) is 0 Å². The van der Waals surface area contributed by atoms with Crippen LogP contribution in [0.5, 0.6) is 0 Å². The molecule has 3 heterocycles. The Morgan fingerprint density at radius 3 is 2.45 bits per heavy atom. The number of rotatable bonds is 5. The van der Waals surface area contributed by atoms with Gasteiger partial charge in [0.15, 0.2) is 10.9 Å². The number of aromatic nitrogens is 3. The first-order chi connectivity index (χ1) is 14.4. The molecule has 31 heavy (non-hydrogen) atoms. The van der Waals surface area contributed by atoms with Gasteiger partial charge in [0.1, 0.15) is 11.6 Å². The lowest BCUT2D eigenvalue weighted by atomic mass is 9.99. The average molecular weight is 463 g/mol. The van der Waals surface area contributed by atoms with Crippen LogP contribution in [0.15, 0.2) is 42.4 Å². The van der Waals surface area contributed by atoms with Crippen molar-refractivity contribution in [3.63, 3.8) is 0 Å². The minimum atomic E-state index is -0.870. The van der Waals surface area contributed by atoms with Crippen molar-refractivity contribution in [1.29, 1.82) is 0 Å². The lowest BCUT2D eigenvalue weighted by Gasteiger charge is -2.29. The number of aryl methyl sites for hydroxylation is 1. The van der Waals surface area contributed by atoms with Gasteiger partial charge in [-0.15, -0.1) is 23.7 Å². The fourth-order valence-corrected chi connectivity index (χ4v) is 4.21. The summed E-state index contributed by atoms with van der Waals surface area (Å²) < 4.78 is 27.6. The van der Waals surface area contributed by atoms with E-state index < -0.39 is 23.0 Å². The molecule has 3 aromatic rings. The molecule has 0 saturated carbocycles. The zero-order chi connectivity index (χ0) is 21.3. The van der Waals surface area contributed by atoms with Gasteiger partial charge in [-0.25, -0.2) is 13.8 Å². The van der Waals surface area contributed by atoms with E-state index in [-0.39, 0.29) is 18.8 Å². The largest absolute Gasteiger partial charge is 0.343 e. The van der Waals surface area contributed by atoms with Gasteiger partial charge < -0.3 is 4.90 Å². The second kappa shape index (κ2) is 9.62. The fraction of sp³-hybridized carbons (Fsp3) is 0.273. The molecule has 0 atom stereocenters. The normalized spacial score (nSPS) is 13.9. The van der Waals surface area contributed by atoms with Crippen LogP contribution in [0.3, 0.4) is 0 Å². The smallest absolute Gasteiger partial charge is 0.185 e. The number of hydrogen-bond acceptors (Lipinski definition) is 6. The molecule has 9 heteroatoms. The Kier molecular flexibility index (Phi) is 7.12. The molecule has 0 fully saturated rings. The minimum absolute atomic E-state index is 0. The van der Waals surface area contributed by atoms with E-state index in [9.17, 15) is 13.6 Å². The van der Waals surface area contributed by atoms with Gasteiger partial charge in [-0.05, 0) is 38.0 Å². The van der Waals surface area contributed by atoms with Crippen molar-refractivity contribution in [3.05, 3.63) is 75.8 Å². The van der Waals surface area contributed by atoms with Gasteiger partial charge in [-0.1, -0.05) is 11.6 Å². The van der Waals surface area contributed by atoms with Crippen LogP contribution < -0.4 is 4.90 Å². The molecule has 4 rings (SSSR count). The van der Waals surface area contributed by atoms with E-state index in [1.807, 2.05) is 13.1 Å². The number of carbonyl (C=O) groups is 1. The molecule has 1 aromatic carbocycles. The van der Waals surface area contributed by atoms with Crippen molar-refractivity contribution in [1.82, 2.24) is 15.0 Å². The maximum atomic E-state index is 13.8. The molecule has 0 spiro atoms. The van der Waals surface area contributed by atoms with E-state index in [0.29, 0.717) is 12.2 Å². The van der Waals surface area contributed by atoms with Crippen LogP contribution in [0.1, 0.15) is 40.0 Å². The SMILES string of the molecule is CC1=C(c2cnc(CC(=O)c3c(F)cccc3F)cn2)CN(c2ncc(C)s2)CC1.Cl. The first-order valence-corrected chi connectivity index (χ1v) is 10.4. The number of hydrogen-bond donors (Lipinski definition) is 0. The zero-order valence-electron chi connectivity index (χ0n) is 17.1. The standard InChI is InChI=1S/C22H20F2N4OS.ClH/c1-13-6-7-28(22-27-9-14(2)30-22)12-16(13)19-11-25-15(10-26-19)8-20(29)21-17(23)4-3-5-18(21)24;/h3-5,9-11H,6-8,12H2,1-2H3;1H. The zero-order valence-corrected chi connectivity index (χ0v) is 18.7.